The second kappa shape index (κ2) is 15.7. The first-order chi connectivity index (χ1) is 30.0. The molecule has 0 amide bonds. The van der Waals surface area contributed by atoms with Crippen LogP contribution in [-0.2, 0) is 37.3 Å². The minimum atomic E-state index is -0.223. The molecule has 0 saturated heterocycles. The van der Waals surface area contributed by atoms with Crippen LogP contribution < -0.4 is 0 Å². The summed E-state index contributed by atoms with van der Waals surface area (Å²) < 4.78 is 8.78. The van der Waals surface area contributed by atoms with E-state index in [1.165, 1.54) is 11.1 Å². The zero-order valence-electron chi connectivity index (χ0n) is 37.7. The third kappa shape index (κ3) is 7.42. The number of aromatic hydroxyl groups is 1. The van der Waals surface area contributed by atoms with Crippen LogP contribution in [0.1, 0.15) is 79.0 Å². The monoisotopic (exact) mass is 1020 g/mol. The van der Waals surface area contributed by atoms with Crippen molar-refractivity contribution in [1.82, 2.24) is 19.5 Å². The molecule has 4 aromatic heterocycles. The molecule has 0 radical (unpaired) electrons. The molecule has 1 N–H and O–H groups in total. The summed E-state index contributed by atoms with van der Waals surface area (Å²) in [6.07, 6.45) is 5.55. The second-order valence-electron chi connectivity index (χ2n) is 19.9. The van der Waals surface area contributed by atoms with Crippen LogP contribution in [0.15, 0.2) is 144 Å². The van der Waals surface area contributed by atoms with E-state index in [1.54, 1.807) is 12.3 Å². The van der Waals surface area contributed by atoms with E-state index in [0.717, 1.165) is 71.8 Å². The maximum absolute atomic E-state index is 11.8. The van der Waals surface area contributed by atoms with Crippen LogP contribution in [0.3, 0.4) is 0 Å². The van der Waals surface area contributed by atoms with E-state index in [0.29, 0.717) is 28.1 Å². The van der Waals surface area contributed by atoms with Crippen molar-refractivity contribution in [3.63, 3.8) is 0 Å². The second-order valence-corrected chi connectivity index (χ2v) is 19.9. The Bertz CT molecular complexity index is 3410. The maximum Gasteiger partial charge on any atom is 0.147 e. The van der Waals surface area contributed by atoms with E-state index in [4.69, 9.17) is 19.4 Å². The van der Waals surface area contributed by atoms with Gasteiger partial charge in [-0.3, -0.25) is 15.0 Å². The molecule has 0 bridgehead atoms. The Morgan fingerprint density at radius 2 is 1.28 bits per heavy atom. The summed E-state index contributed by atoms with van der Waals surface area (Å²) in [4.78, 5) is 15.5. The Morgan fingerprint density at radius 1 is 0.594 bits per heavy atom. The van der Waals surface area contributed by atoms with E-state index in [-0.39, 0.29) is 43.1 Å². The van der Waals surface area contributed by atoms with Gasteiger partial charge in [0, 0.05) is 66.6 Å². The number of nitrogens with zero attached hydrogens (tertiary/aromatic N) is 4. The standard InChI is InChI=1S/C57H51N4O2.Pt/c1-55(2,3)38-21-23-46(43(30-38)34-16-11-10-12-17-34)61-47-33-58-32-45(50-48(62)24-22-42-41-19-13-14-20-49(41)63-53(42)50)52(47)60-54(61)37-26-36(28-39(29-37)56(4,5)6)44-31-40(57(7,8)9)27-35-18-15-25-59-51(35)44;/h10-25,27-33,62H,1-9H3;/q-1;. The molecule has 0 atom stereocenters. The van der Waals surface area contributed by atoms with E-state index >= 15 is 0 Å². The number of para-hydroxylation sites is 1. The molecule has 4 heterocycles. The summed E-state index contributed by atoms with van der Waals surface area (Å²) >= 11 is 0. The van der Waals surface area contributed by atoms with Gasteiger partial charge >= 0.3 is 0 Å². The normalized spacial score (nSPS) is 12.4. The number of phenols is 1. The van der Waals surface area contributed by atoms with Crippen LogP contribution in [0.4, 0.5) is 0 Å². The molecule has 0 fully saturated rings. The van der Waals surface area contributed by atoms with Gasteiger partial charge in [-0.25, -0.2) is 0 Å². The zero-order chi connectivity index (χ0) is 44.0. The Balaban J connectivity index is 0.00000518. The predicted octanol–water partition coefficient (Wildman–Crippen LogP) is 14.9. The van der Waals surface area contributed by atoms with Gasteiger partial charge in [0.25, 0.3) is 0 Å². The van der Waals surface area contributed by atoms with Gasteiger partial charge in [-0.05, 0) is 74.7 Å². The number of phenolic OH excluding ortho intramolecular Hbond substituents is 1. The number of benzene rings is 6. The summed E-state index contributed by atoms with van der Waals surface area (Å²) in [5.41, 5.74) is 14.0. The van der Waals surface area contributed by atoms with Crippen molar-refractivity contribution in [3.05, 3.63) is 163 Å². The van der Waals surface area contributed by atoms with Crippen molar-refractivity contribution >= 4 is 43.9 Å². The van der Waals surface area contributed by atoms with Gasteiger partial charge in [0.2, 0.25) is 0 Å². The van der Waals surface area contributed by atoms with Crippen molar-refractivity contribution < 1.29 is 30.6 Å². The largest absolute Gasteiger partial charge is 0.507 e. The van der Waals surface area contributed by atoms with Crippen molar-refractivity contribution in [2.45, 2.75) is 78.6 Å². The molecule has 10 rings (SSSR count). The number of hydrogen-bond acceptors (Lipinski definition) is 5. The molecule has 6 nitrogen and oxygen atoms in total. The molecule has 10 aromatic rings. The Kier molecular flexibility index (Phi) is 10.5. The van der Waals surface area contributed by atoms with Crippen LogP contribution in [0, 0.1) is 6.07 Å². The number of pyridine rings is 2. The Labute approximate surface area is 389 Å². The summed E-state index contributed by atoms with van der Waals surface area (Å²) in [6, 6.07) is 46.1. The number of aromatic nitrogens is 4. The first-order valence-corrected chi connectivity index (χ1v) is 21.7. The first-order valence-electron chi connectivity index (χ1n) is 21.7. The first kappa shape index (κ1) is 42.9. The Hall–Kier alpha value is -6.36. The third-order valence-corrected chi connectivity index (χ3v) is 12.4. The average molecular weight is 1020 g/mol. The molecule has 0 aliphatic carbocycles. The molecule has 322 valence electrons. The zero-order valence-corrected chi connectivity index (χ0v) is 40.0. The number of hydrogen-bond donors (Lipinski definition) is 1. The molecule has 0 saturated carbocycles. The number of furan rings is 1. The summed E-state index contributed by atoms with van der Waals surface area (Å²) in [7, 11) is 0. The van der Waals surface area contributed by atoms with Crippen molar-refractivity contribution in [2.75, 3.05) is 0 Å². The minimum absolute atomic E-state index is 0. The van der Waals surface area contributed by atoms with E-state index in [1.807, 2.05) is 48.8 Å². The van der Waals surface area contributed by atoms with Gasteiger partial charge < -0.3 is 14.1 Å². The van der Waals surface area contributed by atoms with Gasteiger partial charge in [0.05, 0.1) is 28.6 Å². The van der Waals surface area contributed by atoms with E-state index < -0.39 is 0 Å². The number of fused-ring (bicyclic) bond motifs is 5. The third-order valence-electron chi connectivity index (χ3n) is 12.4. The van der Waals surface area contributed by atoms with E-state index in [9.17, 15) is 5.11 Å². The van der Waals surface area contributed by atoms with E-state index in [2.05, 4.69) is 152 Å². The van der Waals surface area contributed by atoms with Crippen LogP contribution >= 0.6 is 0 Å². The predicted molar refractivity (Wildman–Crippen MR) is 260 cm³/mol. The Morgan fingerprint density at radius 3 is 2.03 bits per heavy atom. The minimum Gasteiger partial charge on any atom is -0.507 e. The van der Waals surface area contributed by atoms with Crippen LogP contribution in [-0.4, -0.2) is 24.6 Å². The van der Waals surface area contributed by atoms with Crippen LogP contribution in [0.2, 0.25) is 0 Å². The van der Waals surface area contributed by atoms with Gasteiger partial charge in [0.15, 0.2) is 0 Å². The van der Waals surface area contributed by atoms with Crippen LogP contribution in [0.5, 0.6) is 5.75 Å². The van der Waals surface area contributed by atoms with Gasteiger partial charge in [-0.2, -0.15) is 0 Å². The maximum atomic E-state index is 11.8. The topological polar surface area (TPSA) is 77.0 Å². The molecule has 0 unspecified atom stereocenters. The molecule has 64 heavy (non-hydrogen) atoms. The molecule has 7 heteroatoms. The summed E-state index contributed by atoms with van der Waals surface area (Å²) in [5.74, 6) is 0.793. The smallest absolute Gasteiger partial charge is 0.147 e. The van der Waals surface area contributed by atoms with Crippen LogP contribution in [0.25, 0.3) is 94.3 Å². The number of rotatable bonds is 5. The molecule has 0 aliphatic heterocycles. The molecule has 0 spiro atoms. The fourth-order valence-electron chi connectivity index (χ4n) is 8.79. The molecule has 6 aromatic carbocycles. The molecule has 0 aliphatic rings. The summed E-state index contributed by atoms with van der Waals surface area (Å²) in [5, 5.41) is 14.8. The van der Waals surface area contributed by atoms with Gasteiger partial charge in [-0.15, -0.1) is 29.3 Å². The molecular formula is C57H51N4O2Pt-. The summed E-state index contributed by atoms with van der Waals surface area (Å²) in [6.45, 7) is 20.2. The van der Waals surface area contributed by atoms with Gasteiger partial charge in [-0.1, -0.05) is 146 Å². The quantitative estimate of drug-likeness (QED) is 0.174. The molecular weight excluding hydrogens is 968 g/mol. The average Bonchev–Trinajstić information content (AvgIpc) is 3.84. The van der Waals surface area contributed by atoms with Gasteiger partial charge in [0.1, 0.15) is 16.9 Å². The number of imidazole rings is 1. The fraction of sp³-hybridized carbons (Fsp3) is 0.211. The van der Waals surface area contributed by atoms with Crippen molar-refractivity contribution in [3.8, 4) is 56.2 Å². The fourth-order valence-corrected chi connectivity index (χ4v) is 8.79. The van der Waals surface area contributed by atoms with Crippen molar-refractivity contribution in [2.24, 2.45) is 0 Å². The SMILES string of the molecule is CC(C)(C)c1cc(-c2cc(C(C)(C)C)cc3cccnc23)[c-]c(-c2nc3c(-c4c(O)ccc5c4oc4ccccc45)cncc3n2-c2ccc(C(C)(C)C)cc2-c2ccccc2)c1.[Pt]. The van der Waals surface area contributed by atoms with Crippen molar-refractivity contribution in [1.29, 1.82) is 0 Å².